The van der Waals surface area contributed by atoms with E-state index in [1.807, 2.05) is 74.5 Å². The van der Waals surface area contributed by atoms with Gasteiger partial charge in [0.2, 0.25) is 5.91 Å². The molecule has 2 amide bonds. The number of amides is 2. The second-order valence-electron chi connectivity index (χ2n) is 7.46. The molecule has 1 aliphatic rings. The monoisotopic (exact) mass is 442 g/mol. The molecular weight excluding hydrogens is 416 g/mol. The first-order valence-corrected chi connectivity index (χ1v) is 10.9. The molecule has 0 aliphatic carbocycles. The lowest BCUT2D eigenvalue weighted by atomic mass is 9.96. The number of hydrogen-bond donors (Lipinski definition) is 1. The average molecular weight is 443 g/mol. The normalized spacial score (nSPS) is 18.8. The van der Waals surface area contributed by atoms with Crippen molar-refractivity contribution in [1.29, 1.82) is 0 Å². The molecule has 0 saturated carbocycles. The molecule has 3 atom stereocenters. The fraction of sp³-hybridized carbons (Fsp3) is 0.348. The molecule has 3 rings (SSSR count). The Kier molecular flexibility index (Phi) is 7.57. The van der Waals surface area contributed by atoms with Crippen LogP contribution >= 0.6 is 11.8 Å². The van der Waals surface area contributed by atoms with Gasteiger partial charge in [-0.1, -0.05) is 74.1 Å². The maximum Gasteiger partial charge on any atom is 0.408 e. The first-order chi connectivity index (χ1) is 14.9. The van der Waals surface area contributed by atoms with Crippen LogP contribution in [0.25, 0.3) is 0 Å². The summed E-state index contributed by atoms with van der Waals surface area (Å²) >= 11 is 1.41. The molecule has 0 spiro atoms. The third kappa shape index (κ3) is 5.38. The summed E-state index contributed by atoms with van der Waals surface area (Å²) < 4.78 is 10.2. The molecule has 1 heterocycles. The molecule has 0 radical (unpaired) electrons. The predicted molar refractivity (Wildman–Crippen MR) is 117 cm³/mol. The number of ether oxygens (including phenoxy) is 2. The van der Waals surface area contributed by atoms with Crippen molar-refractivity contribution in [2.45, 2.75) is 42.8 Å². The zero-order valence-electron chi connectivity index (χ0n) is 17.7. The second-order valence-corrected chi connectivity index (χ2v) is 8.65. The van der Waals surface area contributed by atoms with Crippen molar-refractivity contribution in [3.05, 3.63) is 66.2 Å². The van der Waals surface area contributed by atoms with Crippen molar-refractivity contribution in [2.24, 2.45) is 5.92 Å². The number of hydrogen-bond acceptors (Lipinski definition) is 6. The van der Waals surface area contributed by atoms with E-state index in [2.05, 4.69) is 5.32 Å². The minimum atomic E-state index is -0.806. The minimum Gasteiger partial charge on any atom is -0.467 e. The van der Waals surface area contributed by atoms with Crippen LogP contribution in [0, 0.1) is 5.92 Å². The Morgan fingerprint density at radius 1 is 1.06 bits per heavy atom. The molecule has 31 heavy (non-hydrogen) atoms. The lowest BCUT2D eigenvalue weighted by Gasteiger charge is -2.50. The van der Waals surface area contributed by atoms with E-state index in [4.69, 9.17) is 9.47 Å². The number of β-lactam (4-membered cyclic amide) rings is 1. The highest BCUT2D eigenvalue weighted by Crippen LogP contribution is 2.38. The number of methoxy groups -OCH3 is 1. The molecular formula is C23H26N2O5S. The van der Waals surface area contributed by atoms with Gasteiger partial charge in [0.15, 0.2) is 0 Å². The summed E-state index contributed by atoms with van der Waals surface area (Å²) in [7, 11) is 1.30. The Bertz CT molecular complexity index is 907. The second kappa shape index (κ2) is 10.3. The Hall–Kier alpha value is -3.00. The summed E-state index contributed by atoms with van der Waals surface area (Å²) in [6.07, 6.45) is -0.681. The first kappa shape index (κ1) is 22.7. The van der Waals surface area contributed by atoms with E-state index in [0.717, 1.165) is 10.5 Å². The number of likely N-dealkylation sites (tertiary alicyclic amines) is 1. The SMILES string of the molecule is COC(=O)[C@@H](C(C)C)N1C(=O)[C@@H](NC(=O)OCc2ccccc2)[C@@H]1Sc1ccccc1. The fourth-order valence-electron chi connectivity index (χ4n) is 3.40. The van der Waals surface area contributed by atoms with Crippen LogP contribution in [0.15, 0.2) is 65.6 Å². The van der Waals surface area contributed by atoms with E-state index in [1.165, 1.54) is 23.8 Å². The molecule has 1 fully saturated rings. The molecule has 2 aromatic rings. The highest BCUT2D eigenvalue weighted by Gasteiger charge is 2.54. The van der Waals surface area contributed by atoms with Crippen molar-refractivity contribution in [3.63, 3.8) is 0 Å². The summed E-state index contributed by atoms with van der Waals surface area (Å²) in [4.78, 5) is 40.1. The van der Waals surface area contributed by atoms with Gasteiger partial charge in [-0.25, -0.2) is 9.59 Å². The van der Waals surface area contributed by atoms with Gasteiger partial charge in [-0.3, -0.25) is 4.79 Å². The zero-order valence-corrected chi connectivity index (χ0v) is 18.5. The molecule has 8 heteroatoms. The highest BCUT2D eigenvalue weighted by molar-refractivity contribution is 8.00. The standard InChI is InChI=1S/C23H26N2O5S/c1-15(2)19(22(27)29-3)25-20(26)18(21(25)31-17-12-8-5-9-13-17)24-23(28)30-14-16-10-6-4-7-11-16/h4-13,15,18-19,21H,14H2,1-3H3,(H,24,28)/t18-,19-,21+/m1/s1. The van der Waals surface area contributed by atoms with E-state index >= 15 is 0 Å². The van der Waals surface area contributed by atoms with E-state index in [9.17, 15) is 14.4 Å². The number of benzene rings is 2. The van der Waals surface area contributed by atoms with Crippen LogP contribution in [0.3, 0.4) is 0 Å². The number of carbonyl (C=O) groups excluding carboxylic acids is 3. The Morgan fingerprint density at radius 3 is 2.26 bits per heavy atom. The van der Waals surface area contributed by atoms with Gasteiger partial charge in [0.05, 0.1) is 7.11 Å². The number of esters is 1. The lowest BCUT2D eigenvalue weighted by Crippen LogP contribution is -2.73. The van der Waals surface area contributed by atoms with Crippen molar-refractivity contribution < 1.29 is 23.9 Å². The van der Waals surface area contributed by atoms with Gasteiger partial charge in [0.1, 0.15) is 24.1 Å². The maximum atomic E-state index is 13.0. The molecule has 1 N–H and O–H groups in total. The summed E-state index contributed by atoms with van der Waals surface area (Å²) in [5, 5.41) is 2.20. The molecule has 0 bridgehead atoms. The number of nitrogens with zero attached hydrogens (tertiary/aromatic N) is 1. The average Bonchev–Trinajstić information content (AvgIpc) is 2.79. The smallest absolute Gasteiger partial charge is 0.408 e. The molecule has 0 aromatic heterocycles. The fourth-order valence-corrected chi connectivity index (χ4v) is 4.66. The van der Waals surface area contributed by atoms with Crippen LogP contribution < -0.4 is 5.32 Å². The Balaban J connectivity index is 1.74. The third-order valence-electron chi connectivity index (χ3n) is 4.94. The van der Waals surface area contributed by atoms with Crippen LogP contribution in [0.5, 0.6) is 0 Å². The van der Waals surface area contributed by atoms with E-state index < -0.39 is 29.5 Å². The summed E-state index contributed by atoms with van der Waals surface area (Å²) in [6, 6.07) is 17.3. The largest absolute Gasteiger partial charge is 0.467 e. The van der Waals surface area contributed by atoms with Gasteiger partial charge in [-0.2, -0.15) is 0 Å². The number of rotatable bonds is 8. The van der Waals surface area contributed by atoms with Gasteiger partial charge < -0.3 is 19.7 Å². The molecule has 1 saturated heterocycles. The number of thioether (sulfide) groups is 1. The minimum absolute atomic E-state index is 0.102. The van der Waals surface area contributed by atoms with Crippen molar-refractivity contribution in [3.8, 4) is 0 Å². The van der Waals surface area contributed by atoms with Gasteiger partial charge >= 0.3 is 12.1 Å². The van der Waals surface area contributed by atoms with E-state index in [0.29, 0.717) is 0 Å². The summed E-state index contributed by atoms with van der Waals surface area (Å²) in [6.45, 7) is 3.81. The Morgan fingerprint density at radius 2 is 1.68 bits per heavy atom. The first-order valence-electron chi connectivity index (χ1n) is 10.0. The summed E-state index contributed by atoms with van der Waals surface area (Å²) in [5.41, 5.74) is 0.847. The van der Waals surface area contributed by atoms with Crippen molar-refractivity contribution >= 4 is 29.7 Å². The molecule has 1 aliphatic heterocycles. The molecule has 2 aromatic carbocycles. The van der Waals surface area contributed by atoms with Crippen LogP contribution in [-0.4, -0.2) is 47.4 Å². The van der Waals surface area contributed by atoms with E-state index in [1.54, 1.807) is 0 Å². The predicted octanol–water partition coefficient (Wildman–Crippen LogP) is 3.44. The zero-order chi connectivity index (χ0) is 22.4. The van der Waals surface area contributed by atoms with Crippen LogP contribution in [0.4, 0.5) is 4.79 Å². The quantitative estimate of drug-likeness (QED) is 0.498. The topological polar surface area (TPSA) is 84.9 Å². The summed E-state index contributed by atoms with van der Waals surface area (Å²) in [5.74, 6) is -0.970. The molecule has 7 nitrogen and oxygen atoms in total. The lowest BCUT2D eigenvalue weighted by molar-refractivity contribution is -0.164. The van der Waals surface area contributed by atoms with Crippen LogP contribution in [0.2, 0.25) is 0 Å². The van der Waals surface area contributed by atoms with Crippen LogP contribution in [0.1, 0.15) is 19.4 Å². The number of nitrogens with one attached hydrogen (secondary N) is 1. The van der Waals surface area contributed by atoms with Crippen LogP contribution in [-0.2, 0) is 25.7 Å². The maximum absolute atomic E-state index is 13.0. The van der Waals surface area contributed by atoms with Gasteiger partial charge in [-0.15, -0.1) is 0 Å². The van der Waals surface area contributed by atoms with Crippen molar-refractivity contribution in [1.82, 2.24) is 10.2 Å². The van der Waals surface area contributed by atoms with Gasteiger partial charge in [0.25, 0.3) is 0 Å². The highest BCUT2D eigenvalue weighted by atomic mass is 32.2. The molecule has 164 valence electrons. The van der Waals surface area contributed by atoms with Gasteiger partial charge in [0, 0.05) is 4.90 Å². The van der Waals surface area contributed by atoms with Crippen molar-refractivity contribution in [2.75, 3.05) is 7.11 Å². The number of alkyl carbamates (subject to hydrolysis) is 1. The third-order valence-corrected chi connectivity index (χ3v) is 6.22. The van der Waals surface area contributed by atoms with Gasteiger partial charge in [-0.05, 0) is 23.6 Å². The Labute approximate surface area is 186 Å². The molecule has 0 unspecified atom stereocenters. The van der Waals surface area contributed by atoms with E-state index in [-0.39, 0.29) is 18.4 Å². The number of carbonyl (C=O) groups is 3.